The van der Waals surface area contributed by atoms with Gasteiger partial charge in [-0.25, -0.2) is 4.68 Å². The van der Waals surface area contributed by atoms with Crippen LogP contribution in [0.3, 0.4) is 0 Å². The molecular formula is C12H8F3N3. The summed E-state index contributed by atoms with van der Waals surface area (Å²) in [5, 5.41) is 12.7. The Morgan fingerprint density at radius 1 is 1.22 bits per heavy atom. The van der Waals surface area contributed by atoms with Crippen LogP contribution in [0.2, 0.25) is 0 Å². The fourth-order valence-corrected chi connectivity index (χ4v) is 1.57. The summed E-state index contributed by atoms with van der Waals surface area (Å²) >= 11 is 0. The molecule has 0 N–H and O–H groups in total. The summed E-state index contributed by atoms with van der Waals surface area (Å²) < 4.78 is 38.6. The van der Waals surface area contributed by atoms with E-state index in [1.807, 2.05) is 6.07 Å². The third kappa shape index (κ3) is 2.07. The Balaban J connectivity index is 2.41. The van der Waals surface area contributed by atoms with Gasteiger partial charge in [-0.1, -0.05) is 0 Å². The van der Waals surface area contributed by atoms with Crippen LogP contribution in [0, 0.1) is 18.3 Å². The molecule has 2 rings (SSSR count). The van der Waals surface area contributed by atoms with Gasteiger partial charge in [-0.15, -0.1) is 0 Å². The molecule has 3 nitrogen and oxygen atoms in total. The van der Waals surface area contributed by atoms with Crippen molar-refractivity contribution in [1.82, 2.24) is 9.78 Å². The highest BCUT2D eigenvalue weighted by atomic mass is 19.4. The maximum Gasteiger partial charge on any atom is 0.416 e. The van der Waals surface area contributed by atoms with Gasteiger partial charge >= 0.3 is 6.18 Å². The maximum absolute atomic E-state index is 12.4. The highest BCUT2D eigenvalue weighted by molar-refractivity contribution is 5.40. The molecule has 6 heteroatoms. The van der Waals surface area contributed by atoms with E-state index in [-0.39, 0.29) is 0 Å². The first kappa shape index (κ1) is 12.2. The second-order valence-electron chi connectivity index (χ2n) is 3.71. The molecule has 0 radical (unpaired) electrons. The lowest BCUT2D eigenvalue weighted by molar-refractivity contribution is -0.137. The van der Waals surface area contributed by atoms with E-state index >= 15 is 0 Å². The fraction of sp³-hybridized carbons (Fsp3) is 0.167. The van der Waals surface area contributed by atoms with Crippen molar-refractivity contribution in [1.29, 1.82) is 5.26 Å². The van der Waals surface area contributed by atoms with Crippen molar-refractivity contribution >= 4 is 0 Å². The highest BCUT2D eigenvalue weighted by Gasteiger charge is 2.30. The first-order valence-electron chi connectivity index (χ1n) is 5.06. The van der Waals surface area contributed by atoms with Crippen LogP contribution >= 0.6 is 0 Å². The van der Waals surface area contributed by atoms with Crippen LogP contribution in [0.15, 0.2) is 30.5 Å². The molecule has 1 aromatic carbocycles. The van der Waals surface area contributed by atoms with Crippen molar-refractivity contribution in [2.75, 3.05) is 0 Å². The number of hydrogen-bond donors (Lipinski definition) is 0. The largest absolute Gasteiger partial charge is 0.416 e. The average molecular weight is 251 g/mol. The zero-order valence-electron chi connectivity index (χ0n) is 9.36. The Kier molecular flexibility index (Phi) is 2.83. The molecule has 0 bridgehead atoms. The number of halogens is 3. The molecular weight excluding hydrogens is 243 g/mol. The van der Waals surface area contributed by atoms with E-state index in [0.717, 1.165) is 12.1 Å². The molecule has 0 aliphatic heterocycles. The number of alkyl halides is 3. The summed E-state index contributed by atoms with van der Waals surface area (Å²) in [6.07, 6.45) is -2.97. The quantitative estimate of drug-likeness (QED) is 0.781. The van der Waals surface area contributed by atoms with E-state index < -0.39 is 11.7 Å². The van der Waals surface area contributed by atoms with Crippen molar-refractivity contribution in [3.05, 3.63) is 47.3 Å². The van der Waals surface area contributed by atoms with Crippen molar-refractivity contribution < 1.29 is 13.2 Å². The standard InChI is InChI=1S/C12H8F3N3/c1-8-9(6-16)7-17-18(8)11-4-2-10(3-5-11)12(13,14)15/h2-5,7H,1H3. The third-order valence-corrected chi connectivity index (χ3v) is 2.57. The maximum atomic E-state index is 12.4. The van der Waals surface area contributed by atoms with Crippen LogP contribution in [0.1, 0.15) is 16.8 Å². The van der Waals surface area contributed by atoms with Gasteiger partial charge < -0.3 is 0 Å². The molecule has 1 aromatic heterocycles. The first-order valence-corrected chi connectivity index (χ1v) is 5.06. The minimum Gasteiger partial charge on any atom is -0.237 e. The van der Waals surface area contributed by atoms with Gasteiger partial charge in [-0.05, 0) is 31.2 Å². The average Bonchev–Trinajstić information content (AvgIpc) is 2.69. The molecule has 0 spiro atoms. The van der Waals surface area contributed by atoms with Crippen LogP contribution in [-0.4, -0.2) is 9.78 Å². The molecule has 92 valence electrons. The van der Waals surface area contributed by atoms with E-state index in [0.29, 0.717) is 16.9 Å². The molecule has 2 aromatic rings. The van der Waals surface area contributed by atoms with Crippen LogP contribution < -0.4 is 0 Å². The predicted molar refractivity (Wildman–Crippen MR) is 58.0 cm³/mol. The summed E-state index contributed by atoms with van der Waals surface area (Å²) in [6, 6.07) is 6.58. The Hall–Kier alpha value is -2.29. The summed E-state index contributed by atoms with van der Waals surface area (Å²) in [4.78, 5) is 0. The highest BCUT2D eigenvalue weighted by Crippen LogP contribution is 2.29. The lowest BCUT2D eigenvalue weighted by Gasteiger charge is -2.08. The summed E-state index contributed by atoms with van der Waals surface area (Å²) in [5.74, 6) is 0. The molecule has 0 amide bonds. The molecule has 0 fully saturated rings. The van der Waals surface area contributed by atoms with Crippen molar-refractivity contribution in [2.45, 2.75) is 13.1 Å². The Labute approximate surface area is 101 Å². The van der Waals surface area contributed by atoms with Gasteiger partial charge in [-0.3, -0.25) is 0 Å². The van der Waals surface area contributed by atoms with Gasteiger partial charge in [0.25, 0.3) is 0 Å². The normalized spacial score (nSPS) is 11.3. The fourth-order valence-electron chi connectivity index (χ4n) is 1.57. The lowest BCUT2D eigenvalue weighted by Crippen LogP contribution is -2.05. The number of nitrogens with zero attached hydrogens (tertiary/aromatic N) is 3. The molecule has 0 unspecified atom stereocenters. The Morgan fingerprint density at radius 2 is 1.83 bits per heavy atom. The number of benzene rings is 1. The predicted octanol–water partition coefficient (Wildman–Crippen LogP) is 3.07. The van der Waals surface area contributed by atoms with Gasteiger partial charge in [0, 0.05) is 0 Å². The zero-order valence-corrected chi connectivity index (χ0v) is 9.36. The Bertz CT molecular complexity index is 603. The van der Waals surface area contributed by atoms with Crippen molar-refractivity contribution in [2.24, 2.45) is 0 Å². The number of hydrogen-bond acceptors (Lipinski definition) is 2. The van der Waals surface area contributed by atoms with Crippen LogP contribution in [0.25, 0.3) is 5.69 Å². The van der Waals surface area contributed by atoms with Crippen LogP contribution in [0.5, 0.6) is 0 Å². The topological polar surface area (TPSA) is 41.6 Å². The molecule has 0 saturated carbocycles. The van der Waals surface area contributed by atoms with E-state index in [9.17, 15) is 13.2 Å². The number of aromatic nitrogens is 2. The molecule has 0 aliphatic carbocycles. The first-order chi connectivity index (χ1) is 8.43. The van der Waals surface area contributed by atoms with Gasteiger partial charge in [0.2, 0.25) is 0 Å². The second kappa shape index (κ2) is 4.18. The van der Waals surface area contributed by atoms with Gasteiger partial charge in [0.05, 0.1) is 28.7 Å². The second-order valence-corrected chi connectivity index (χ2v) is 3.71. The molecule has 18 heavy (non-hydrogen) atoms. The molecule has 1 heterocycles. The number of rotatable bonds is 1. The van der Waals surface area contributed by atoms with E-state index in [1.54, 1.807) is 6.92 Å². The monoisotopic (exact) mass is 251 g/mol. The SMILES string of the molecule is Cc1c(C#N)cnn1-c1ccc(C(F)(F)F)cc1. The van der Waals surface area contributed by atoms with Crippen LogP contribution in [-0.2, 0) is 6.18 Å². The molecule has 0 saturated heterocycles. The molecule has 0 atom stereocenters. The van der Waals surface area contributed by atoms with Crippen molar-refractivity contribution in [3.8, 4) is 11.8 Å². The minimum absolute atomic E-state index is 0.398. The van der Waals surface area contributed by atoms with E-state index in [2.05, 4.69) is 5.10 Å². The van der Waals surface area contributed by atoms with E-state index in [4.69, 9.17) is 5.26 Å². The smallest absolute Gasteiger partial charge is 0.237 e. The summed E-state index contributed by atoms with van der Waals surface area (Å²) in [6.45, 7) is 1.68. The van der Waals surface area contributed by atoms with Crippen LogP contribution in [0.4, 0.5) is 13.2 Å². The zero-order chi connectivity index (χ0) is 13.3. The third-order valence-electron chi connectivity index (χ3n) is 2.57. The summed E-state index contributed by atoms with van der Waals surface area (Å²) in [5.41, 5.74) is 0.769. The van der Waals surface area contributed by atoms with Gasteiger partial charge in [0.1, 0.15) is 6.07 Å². The van der Waals surface area contributed by atoms with Gasteiger partial charge in [0.15, 0.2) is 0 Å². The Morgan fingerprint density at radius 3 is 2.28 bits per heavy atom. The molecule has 0 aliphatic rings. The van der Waals surface area contributed by atoms with Crippen molar-refractivity contribution in [3.63, 3.8) is 0 Å². The van der Waals surface area contributed by atoms with E-state index in [1.165, 1.54) is 23.0 Å². The minimum atomic E-state index is -4.35. The number of nitriles is 1. The summed E-state index contributed by atoms with van der Waals surface area (Å²) in [7, 11) is 0. The lowest BCUT2D eigenvalue weighted by atomic mass is 10.2. The van der Waals surface area contributed by atoms with Gasteiger partial charge in [-0.2, -0.15) is 23.5 Å².